The van der Waals surface area contributed by atoms with Crippen molar-refractivity contribution >= 4 is 16.3 Å². The van der Waals surface area contributed by atoms with Gasteiger partial charge in [0.15, 0.2) is 4.96 Å². The Hall–Kier alpha value is -0.910. The number of thiazole rings is 1. The number of hydrogen-bond donors (Lipinski definition) is 1. The van der Waals surface area contributed by atoms with Gasteiger partial charge in [-0.15, -0.1) is 11.3 Å². The highest BCUT2D eigenvalue weighted by Crippen LogP contribution is 2.15. The Morgan fingerprint density at radius 3 is 3.35 bits per heavy atom. The molecule has 2 aromatic heterocycles. The Balaban J connectivity index is 1.74. The highest BCUT2D eigenvalue weighted by Gasteiger charge is 2.21. The second-order valence-corrected chi connectivity index (χ2v) is 5.43. The summed E-state index contributed by atoms with van der Waals surface area (Å²) >= 11 is 1.70. The van der Waals surface area contributed by atoms with Gasteiger partial charge in [0.05, 0.1) is 5.69 Å². The van der Waals surface area contributed by atoms with Gasteiger partial charge in [0.25, 0.3) is 0 Å². The average molecular weight is 250 g/mol. The summed E-state index contributed by atoms with van der Waals surface area (Å²) in [6.07, 6.45) is 5.43. The van der Waals surface area contributed by atoms with Crippen molar-refractivity contribution in [1.82, 2.24) is 19.6 Å². The molecule has 0 aromatic carbocycles. The number of nitrogens with zero attached hydrogens (tertiary/aromatic N) is 3. The Morgan fingerprint density at radius 2 is 2.53 bits per heavy atom. The van der Waals surface area contributed by atoms with Crippen LogP contribution in [0.25, 0.3) is 4.96 Å². The predicted molar refractivity (Wildman–Crippen MR) is 70.4 cm³/mol. The van der Waals surface area contributed by atoms with E-state index in [4.69, 9.17) is 0 Å². The summed E-state index contributed by atoms with van der Waals surface area (Å²) in [5.74, 6) is 0. The number of nitrogens with one attached hydrogen (secondary N) is 1. The minimum absolute atomic E-state index is 0.656. The van der Waals surface area contributed by atoms with Crippen molar-refractivity contribution in [2.75, 3.05) is 19.6 Å². The molecule has 0 spiro atoms. The van der Waals surface area contributed by atoms with Crippen LogP contribution in [0.5, 0.6) is 0 Å². The van der Waals surface area contributed by atoms with E-state index in [1.165, 1.54) is 12.1 Å². The van der Waals surface area contributed by atoms with Crippen LogP contribution in [-0.4, -0.2) is 40.0 Å². The van der Waals surface area contributed by atoms with E-state index < -0.39 is 0 Å². The zero-order valence-corrected chi connectivity index (χ0v) is 10.9. The van der Waals surface area contributed by atoms with Gasteiger partial charge in [-0.05, 0) is 6.42 Å². The second-order valence-electron chi connectivity index (χ2n) is 4.56. The SMILES string of the molecule is CCC1CNCCN1Cc1cn2ccsc2n1. The van der Waals surface area contributed by atoms with Crippen molar-refractivity contribution in [2.45, 2.75) is 25.9 Å². The van der Waals surface area contributed by atoms with Gasteiger partial charge in [-0.2, -0.15) is 0 Å². The van der Waals surface area contributed by atoms with Crippen LogP contribution in [0.1, 0.15) is 19.0 Å². The number of imidazole rings is 1. The molecule has 0 amide bonds. The molecule has 17 heavy (non-hydrogen) atoms. The van der Waals surface area contributed by atoms with Crippen molar-refractivity contribution < 1.29 is 0 Å². The van der Waals surface area contributed by atoms with Gasteiger partial charge in [0.2, 0.25) is 0 Å². The fourth-order valence-electron chi connectivity index (χ4n) is 2.47. The van der Waals surface area contributed by atoms with E-state index in [1.54, 1.807) is 11.3 Å². The van der Waals surface area contributed by atoms with Crippen molar-refractivity contribution in [1.29, 1.82) is 0 Å². The third-order valence-electron chi connectivity index (χ3n) is 3.45. The normalized spacial score (nSPS) is 22.3. The minimum Gasteiger partial charge on any atom is -0.314 e. The molecule has 1 atom stereocenters. The first kappa shape index (κ1) is 11.2. The van der Waals surface area contributed by atoms with Crippen LogP contribution in [0.3, 0.4) is 0 Å². The summed E-state index contributed by atoms with van der Waals surface area (Å²) in [7, 11) is 0. The molecule has 0 saturated carbocycles. The lowest BCUT2D eigenvalue weighted by molar-refractivity contribution is 0.147. The summed E-state index contributed by atoms with van der Waals surface area (Å²) in [6.45, 7) is 6.58. The van der Waals surface area contributed by atoms with Crippen LogP contribution in [0, 0.1) is 0 Å². The van der Waals surface area contributed by atoms with Gasteiger partial charge in [0, 0.05) is 50.0 Å². The smallest absolute Gasteiger partial charge is 0.193 e. The lowest BCUT2D eigenvalue weighted by Crippen LogP contribution is -2.50. The Bertz CT molecular complexity index is 461. The molecule has 1 N–H and O–H groups in total. The van der Waals surface area contributed by atoms with Gasteiger partial charge in [-0.1, -0.05) is 6.92 Å². The first-order chi connectivity index (χ1) is 8.36. The van der Waals surface area contributed by atoms with E-state index >= 15 is 0 Å². The van der Waals surface area contributed by atoms with E-state index in [2.05, 4.69) is 44.3 Å². The molecule has 0 aliphatic carbocycles. The molecule has 2 aromatic rings. The fraction of sp³-hybridized carbons (Fsp3) is 0.583. The second kappa shape index (κ2) is 4.76. The lowest BCUT2D eigenvalue weighted by Gasteiger charge is -2.35. The maximum atomic E-state index is 4.65. The monoisotopic (exact) mass is 250 g/mol. The van der Waals surface area contributed by atoms with E-state index in [1.807, 2.05) is 0 Å². The Kier molecular flexibility index (Phi) is 3.13. The number of fused-ring (bicyclic) bond motifs is 1. The first-order valence-corrected chi connectivity index (χ1v) is 7.10. The van der Waals surface area contributed by atoms with Gasteiger partial charge in [-0.3, -0.25) is 9.30 Å². The van der Waals surface area contributed by atoms with Crippen LogP contribution in [0.2, 0.25) is 0 Å². The van der Waals surface area contributed by atoms with E-state index in [-0.39, 0.29) is 0 Å². The van der Waals surface area contributed by atoms with Gasteiger partial charge in [0.1, 0.15) is 0 Å². The summed E-state index contributed by atoms with van der Waals surface area (Å²) in [6, 6.07) is 0.656. The third kappa shape index (κ3) is 2.22. The highest BCUT2D eigenvalue weighted by molar-refractivity contribution is 7.15. The molecule has 5 heteroatoms. The quantitative estimate of drug-likeness (QED) is 0.897. The number of hydrogen-bond acceptors (Lipinski definition) is 4. The molecule has 1 aliphatic heterocycles. The van der Waals surface area contributed by atoms with Crippen molar-refractivity contribution in [3.8, 4) is 0 Å². The molecule has 1 aliphatic rings. The highest BCUT2D eigenvalue weighted by atomic mass is 32.1. The van der Waals surface area contributed by atoms with Gasteiger partial charge >= 0.3 is 0 Å². The molecule has 4 nitrogen and oxygen atoms in total. The van der Waals surface area contributed by atoms with Crippen LogP contribution < -0.4 is 5.32 Å². The number of rotatable bonds is 3. The fourth-order valence-corrected chi connectivity index (χ4v) is 3.19. The zero-order chi connectivity index (χ0) is 11.7. The maximum Gasteiger partial charge on any atom is 0.193 e. The number of piperazine rings is 1. The molecule has 0 bridgehead atoms. The Morgan fingerprint density at radius 1 is 1.59 bits per heavy atom. The van der Waals surface area contributed by atoms with Crippen molar-refractivity contribution in [3.05, 3.63) is 23.5 Å². The molecule has 1 fully saturated rings. The summed E-state index contributed by atoms with van der Waals surface area (Å²) in [5.41, 5.74) is 1.19. The predicted octanol–water partition coefficient (Wildman–Crippen LogP) is 1.58. The van der Waals surface area contributed by atoms with E-state index in [9.17, 15) is 0 Å². The standard InChI is InChI=1S/C12H18N4S/c1-2-11-7-13-3-4-15(11)8-10-9-16-5-6-17-12(16)14-10/h5-6,9,11,13H,2-4,7-8H2,1H3. The zero-order valence-electron chi connectivity index (χ0n) is 10.1. The molecule has 1 saturated heterocycles. The summed E-state index contributed by atoms with van der Waals surface area (Å²) in [4.78, 5) is 8.30. The minimum atomic E-state index is 0.656. The molecular formula is C12H18N4S. The van der Waals surface area contributed by atoms with Crippen LogP contribution in [0.15, 0.2) is 17.8 Å². The largest absolute Gasteiger partial charge is 0.314 e. The molecular weight excluding hydrogens is 232 g/mol. The summed E-state index contributed by atoms with van der Waals surface area (Å²) in [5, 5.41) is 5.53. The molecule has 1 unspecified atom stereocenters. The van der Waals surface area contributed by atoms with E-state index in [0.717, 1.165) is 31.1 Å². The van der Waals surface area contributed by atoms with Crippen LogP contribution in [-0.2, 0) is 6.54 Å². The summed E-state index contributed by atoms with van der Waals surface area (Å²) < 4.78 is 2.11. The first-order valence-electron chi connectivity index (χ1n) is 6.22. The van der Waals surface area contributed by atoms with Gasteiger partial charge in [-0.25, -0.2) is 4.98 Å². The van der Waals surface area contributed by atoms with Crippen molar-refractivity contribution in [3.63, 3.8) is 0 Å². The van der Waals surface area contributed by atoms with Gasteiger partial charge < -0.3 is 5.32 Å². The maximum absolute atomic E-state index is 4.65. The van der Waals surface area contributed by atoms with Crippen LogP contribution in [0.4, 0.5) is 0 Å². The topological polar surface area (TPSA) is 32.6 Å². The third-order valence-corrected chi connectivity index (χ3v) is 4.22. The Labute approximate surface area is 105 Å². The number of aromatic nitrogens is 2. The van der Waals surface area contributed by atoms with E-state index in [0.29, 0.717) is 6.04 Å². The molecule has 0 radical (unpaired) electrons. The molecule has 92 valence electrons. The molecule has 3 rings (SSSR count). The molecule has 3 heterocycles. The lowest BCUT2D eigenvalue weighted by atomic mass is 10.1. The average Bonchev–Trinajstić information content (AvgIpc) is 2.90. The van der Waals surface area contributed by atoms with Crippen molar-refractivity contribution in [2.24, 2.45) is 0 Å². The van der Waals surface area contributed by atoms with Crippen LogP contribution >= 0.6 is 11.3 Å².